The van der Waals surface area contributed by atoms with Crippen LogP contribution in [0.4, 0.5) is 0 Å². The van der Waals surface area contributed by atoms with Crippen LogP contribution >= 0.6 is 0 Å². The molecule has 0 atom stereocenters. The number of allylic oxidation sites excluding steroid dienone is 2. The van der Waals surface area contributed by atoms with E-state index in [0.29, 0.717) is 6.54 Å². The van der Waals surface area contributed by atoms with Crippen LogP contribution in [0.2, 0.25) is 0 Å². The van der Waals surface area contributed by atoms with Gasteiger partial charge in [-0.05, 0) is 19.4 Å². The molecule has 0 aromatic carbocycles. The Bertz CT molecular complexity index is 132. The van der Waals surface area contributed by atoms with E-state index >= 15 is 0 Å². The number of hydrogen-bond acceptors (Lipinski definition) is 1. The van der Waals surface area contributed by atoms with Gasteiger partial charge in [0.15, 0.2) is 0 Å². The Hall–Kier alpha value is -0.850. The summed E-state index contributed by atoms with van der Waals surface area (Å²) >= 11 is 0. The lowest BCUT2D eigenvalue weighted by Crippen LogP contribution is -1.77. The van der Waals surface area contributed by atoms with Crippen molar-refractivity contribution in [3.05, 3.63) is 24.3 Å². The molecule has 0 aliphatic heterocycles. The second-order valence-corrected chi connectivity index (χ2v) is 1.82. The number of aliphatic imine (C=N–C) groups is 1. The van der Waals surface area contributed by atoms with Crippen LogP contribution < -0.4 is 0 Å². The quantitative estimate of drug-likeness (QED) is 0.403. The van der Waals surface area contributed by atoms with Crippen LogP contribution in [0, 0.1) is 0 Å². The highest BCUT2D eigenvalue weighted by atomic mass is 14.7. The summed E-state index contributed by atoms with van der Waals surface area (Å²) in [6.07, 6.45) is 5.65. The molecule has 0 saturated carbocycles. The van der Waals surface area contributed by atoms with Gasteiger partial charge < -0.3 is 0 Å². The molecule has 0 unspecified atom stereocenters. The standard InChI is InChI=1S/C8H13N/c1-4-6-9-7-8(3)5-2/h4-5,7H,1,6H2,2-3H3/b8-5-,9-7?. The van der Waals surface area contributed by atoms with Gasteiger partial charge in [0.1, 0.15) is 0 Å². The lowest BCUT2D eigenvalue weighted by molar-refractivity contribution is 1.26. The lowest BCUT2D eigenvalue weighted by Gasteiger charge is -1.84. The Morgan fingerprint density at radius 3 is 2.78 bits per heavy atom. The van der Waals surface area contributed by atoms with Crippen LogP contribution in [0.1, 0.15) is 13.8 Å². The van der Waals surface area contributed by atoms with Crippen LogP contribution in [0.15, 0.2) is 29.3 Å². The van der Waals surface area contributed by atoms with Gasteiger partial charge in [-0.3, -0.25) is 4.99 Å². The van der Waals surface area contributed by atoms with Crippen molar-refractivity contribution in [1.29, 1.82) is 0 Å². The first-order valence-corrected chi connectivity index (χ1v) is 3.05. The van der Waals surface area contributed by atoms with Crippen molar-refractivity contribution in [2.24, 2.45) is 4.99 Å². The third-order valence-corrected chi connectivity index (χ3v) is 0.985. The van der Waals surface area contributed by atoms with Crippen LogP contribution in [0.5, 0.6) is 0 Å². The molecule has 1 nitrogen and oxygen atoms in total. The van der Waals surface area contributed by atoms with E-state index in [-0.39, 0.29) is 0 Å². The zero-order valence-electron chi connectivity index (χ0n) is 6.09. The Morgan fingerprint density at radius 1 is 1.67 bits per heavy atom. The first-order chi connectivity index (χ1) is 4.31. The Kier molecular flexibility index (Phi) is 4.79. The first-order valence-electron chi connectivity index (χ1n) is 3.05. The molecule has 0 saturated heterocycles. The Balaban J connectivity index is 3.56. The number of rotatable bonds is 3. The van der Waals surface area contributed by atoms with Gasteiger partial charge in [-0.1, -0.05) is 12.2 Å². The molecular formula is C8H13N. The molecule has 0 aliphatic carbocycles. The molecule has 0 radical (unpaired) electrons. The number of hydrogen-bond donors (Lipinski definition) is 0. The summed E-state index contributed by atoms with van der Waals surface area (Å²) in [7, 11) is 0. The second-order valence-electron chi connectivity index (χ2n) is 1.82. The van der Waals surface area contributed by atoms with Gasteiger partial charge in [0.2, 0.25) is 0 Å². The monoisotopic (exact) mass is 123 g/mol. The third kappa shape index (κ3) is 5.01. The van der Waals surface area contributed by atoms with E-state index < -0.39 is 0 Å². The minimum atomic E-state index is 0.713. The molecule has 0 aromatic heterocycles. The van der Waals surface area contributed by atoms with Gasteiger partial charge in [0, 0.05) is 6.21 Å². The smallest absolute Gasteiger partial charge is 0.0567 e. The SMILES string of the molecule is C=CCN=C/C(C)=C\C. The molecule has 0 N–H and O–H groups in total. The Labute approximate surface area is 56.8 Å². The van der Waals surface area contributed by atoms with Crippen molar-refractivity contribution in [2.45, 2.75) is 13.8 Å². The summed E-state index contributed by atoms with van der Waals surface area (Å²) in [5.41, 5.74) is 1.19. The van der Waals surface area contributed by atoms with E-state index in [1.165, 1.54) is 5.57 Å². The average Bonchev–Trinajstić information content (AvgIpc) is 1.89. The molecule has 0 fully saturated rings. The third-order valence-electron chi connectivity index (χ3n) is 0.985. The lowest BCUT2D eigenvalue weighted by atomic mass is 10.3. The fourth-order valence-corrected chi connectivity index (χ4v) is 0.346. The van der Waals surface area contributed by atoms with Crippen molar-refractivity contribution in [1.82, 2.24) is 0 Å². The highest BCUT2D eigenvalue weighted by Gasteiger charge is 1.74. The zero-order valence-corrected chi connectivity index (χ0v) is 6.09. The van der Waals surface area contributed by atoms with Gasteiger partial charge in [-0.25, -0.2) is 0 Å². The summed E-state index contributed by atoms with van der Waals surface area (Å²) in [6, 6.07) is 0. The molecule has 0 rings (SSSR count). The first kappa shape index (κ1) is 8.15. The molecule has 0 amide bonds. The molecule has 0 bridgehead atoms. The van der Waals surface area contributed by atoms with Crippen LogP contribution in [0.3, 0.4) is 0 Å². The minimum Gasteiger partial charge on any atom is -0.289 e. The summed E-state index contributed by atoms with van der Waals surface area (Å²) in [5.74, 6) is 0. The maximum Gasteiger partial charge on any atom is 0.0567 e. The highest BCUT2D eigenvalue weighted by molar-refractivity contribution is 5.77. The molecule has 0 aromatic rings. The van der Waals surface area contributed by atoms with E-state index in [4.69, 9.17) is 0 Å². The predicted octanol–water partition coefficient (Wildman–Crippen LogP) is 2.21. The molecule has 1 heteroatoms. The van der Waals surface area contributed by atoms with Gasteiger partial charge >= 0.3 is 0 Å². The average molecular weight is 123 g/mol. The van der Waals surface area contributed by atoms with E-state index in [1.54, 1.807) is 6.08 Å². The van der Waals surface area contributed by atoms with Gasteiger partial charge in [-0.2, -0.15) is 0 Å². The van der Waals surface area contributed by atoms with Crippen LogP contribution in [-0.2, 0) is 0 Å². The maximum absolute atomic E-state index is 4.05. The summed E-state index contributed by atoms with van der Waals surface area (Å²) in [5, 5.41) is 0. The zero-order chi connectivity index (χ0) is 7.11. The van der Waals surface area contributed by atoms with Gasteiger partial charge in [0.05, 0.1) is 6.54 Å². The highest BCUT2D eigenvalue weighted by Crippen LogP contribution is 1.84. The molecule has 0 aliphatic rings. The van der Waals surface area contributed by atoms with Crippen LogP contribution in [-0.4, -0.2) is 12.8 Å². The van der Waals surface area contributed by atoms with Crippen LogP contribution in [0.25, 0.3) is 0 Å². The molecule has 50 valence electrons. The van der Waals surface area contributed by atoms with Crippen molar-refractivity contribution >= 4 is 6.21 Å². The second kappa shape index (κ2) is 5.29. The van der Waals surface area contributed by atoms with E-state index in [9.17, 15) is 0 Å². The van der Waals surface area contributed by atoms with Crippen molar-refractivity contribution in [2.75, 3.05) is 6.54 Å². The van der Waals surface area contributed by atoms with Gasteiger partial charge in [-0.15, -0.1) is 6.58 Å². The van der Waals surface area contributed by atoms with Crippen molar-refractivity contribution in [3.8, 4) is 0 Å². The molecular weight excluding hydrogens is 110 g/mol. The molecule has 0 spiro atoms. The van der Waals surface area contributed by atoms with Gasteiger partial charge in [0.25, 0.3) is 0 Å². The number of nitrogens with zero attached hydrogens (tertiary/aromatic N) is 1. The molecule has 9 heavy (non-hydrogen) atoms. The predicted molar refractivity (Wildman–Crippen MR) is 43.0 cm³/mol. The van der Waals surface area contributed by atoms with E-state index in [1.807, 2.05) is 26.1 Å². The van der Waals surface area contributed by atoms with Crippen molar-refractivity contribution in [3.63, 3.8) is 0 Å². The largest absolute Gasteiger partial charge is 0.289 e. The van der Waals surface area contributed by atoms with Crippen molar-refractivity contribution < 1.29 is 0 Å². The minimum absolute atomic E-state index is 0.713. The maximum atomic E-state index is 4.05. The topological polar surface area (TPSA) is 12.4 Å². The summed E-state index contributed by atoms with van der Waals surface area (Å²) in [4.78, 5) is 4.05. The molecule has 0 heterocycles. The summed E-state index contributed by atoms with van der Waals surface area (Å²) < 4.78 is 0. The Morgan fingerprint density at radius 2 is 2.33 bits per heavy atom. The van der Waals surface area contributed by atoms with E-state index in [0.717, 1.165) is 0 Å². The fraction of sp³-hybridized carbons (Fsp3) is 0.375. The fourth-order valence-electron chi connectivity index (χ4n) is 0.346. The summed E-state index contributed by atoms with van der Waals surface area (Å²) in [6.45, 7) is 8.28. The van der Waals surface area contributed by atoms with E-state index in [2.05, 4.69) is 11.6 Å². The normalized spacial score (nSPS) is 12.4.